The molecular weight excluding hydrogens is 262 g/mol. The SMILES string of the molecule is C#C[C@@H](CC)O[Si](C#CCCCC#N)(C(C)C)C(C)C. The molecule has 0 radical (unpaired) electrons. The molecule has 0 bridgehead atoms. The topological polar surface area (TPSA) is 33.0 Å². The molecule has 3 heteroatoms. The Morgan fingerprint density at radius 1 is 1.15 bits per heavy atom. The van der Waals surface area contributed by atoms with E-state index in [-0.39, 0.29) is 6.10 Å². The van der Waals surface area contributed by atoms with E-state index in [2.05, 4.69) is 51.1 Å². The van der Waals surface area contributed by atoms with Crippen LogP contribution in [0.4, 0.5) is 0 Å². The Kier molecular flexibility index (Phi) is 9.07. The van der Waals surface area contributed by atoms with E-state index >= 15 is 0 Å². The van der Waals surface area contributed by atoms with Gasteiger partial charge >= 0.3 is 0 Å². The van der Waals surface area contributed by atoms with Crippen LogP contribution in [-0.4, -0.2) is 14.4 Å². The van der Waals surface area contributed by atoms with Gasteiger partial charge in [-0.15, -0.1) is 12.3 Å². The summed E-state index contributed by atoms with van der Waals surface area (Å²) in [6.45, 7) is 10.8. The minimum atomic E-state index is -2.20. The zero-order chi connectivity index (χ0) is 15.6. The molecular formula is C17H27NOSi. The van der Waals surface area contributed by atoms with Crippen LogP contribution in [0.25, 0.3) is 0 Å². The number of hydrogen-bond acceptors (Lipinski definition) is 2. The number of unbranched alkanes of at least 4 members (excludes halogenated alkanes) is 2. The number of nitriles is 1. The van der Waals surface area contributed by atoms with Gasteiger partial charge in [0.25, 0.3) is 8.32 Å². The molecule has 0 N–H and O–H groups in total. The van der Waals surface area contributed by atoms with Crippen molar-refractivity contribution in [2.24, 2.45) is 0 Å². The Morgan fingerprint density at radius 3 is 2.15 bits per heavy atom. The lowest BCUT2D eigenvalue weighted by Crippen LogP contribution is -2.46. The maximum Gasteiger partial charge on any atom is 0.278 e. The van der Waals surface area contributed by atoms with Gasteiger partial charge in [0, 0.05) is 12.8 Å². The highest BCUT2D eigenvalue weighted by atomic mass is 28.4. The first kappa shape index (κ1) is 18.8. The molecule has 0 aromatic rings. The third-order valence-electron chi connectivity index (χ3n) is 3.48. The summed E-state index contributed by atoms with van der Waals surface area (Å²) in [4.78, 5) is 0. The fourth-order valence-corrected chi connectivity index (χ4v) is 5.80. The van der Waals surface area contributed by atoms with Crippen LogP contribution >= 0.6 is 0 Å². The van der Waals surface area contributed by atoms with Crippen molar-refractivity contribution >= 4 is 8.32 Å². The molecule has 0 saturated carbocycles. The molecule has 0 heterocycles. The minimum Gasteiger partial charge on any atom is -0.391 e. The highest BCUT2D eigenvalue weighted by Gasteiger charge is 2.42. The van der Waals surface area contributed by atoms with E-state index in [1.165, 1.54) is 0 Å². The fourth-order valence-electron chi connectivity index (χ4n) is 2.18. The zero-order valence-electron chi connectivity index (χ0n) is 13.5. The molecule has 0 aliphatic heterocycles. The number of terminal acetylenes is 1. The van der Waals surface area contributed by atoms with Crippen molar-refractivity contribution in [3.05, 3.63) is 0 Å². The summed E-state index contributed by atoms with van der Waals surface area (Å²) in [6, 6.07) is 2.15. The maximum absolute atomic E-state index is 8.55. The van der Waals surface area contributed by atoms with Crippen LogP contribution in [0.2, 0.25) is 11.1 Å². The highest BCUT2D eigenvalue weighted by molar-refractivity contribution is 6.84. The molecule has 0 aliphatic rings. The number of hydrogen-bond donors (Lipinski definition) is 0. The second kappa shape index (κ2) is 9.65. The molecule has 0 aromatic heterocycles. The van der Waals surface area contributed by atoms with Crippen molar-refractivity contribution in [1.29, 1.82) is 5.26 Å². The predicted octanol–water partition coefficient (Wildman–Crippen LogP) is 4.42. The Morgan fingerprint density at radius 2 is 1.75 bits per heavy atom. The van der Waals surface area contributed by atoms with E-state index < -0.39 is 8.32 Å². The summed E-state index contributed by atoms with van der Waals surface area (Å²) in [6.07, 6.45) is 8.39. The quantitative estimate of drug-likeness (QED) is 0.395. The minimum absolute atomic E-state index is 0.139. The van der Waals surface area contributed by atoms with Gasteiger partial charge in [-0.1, -0.05) is 46.1 Å². The van der Waals surface area contributed by atoms with Crippen LogP contribution in [0.3, 0.4) is 0 Å². The van der Waals surface area contributed by atoms with Gasteiger partial charge in [-0.05, 0) is 23.9 Å². The van der Waals surface area contributed by atoms with Crippen molar-refractivity contribution < 1.29 is 4.43 Å². The van der Waals surface area contributed by atoms with Crippen molar-refractivity contribution in [3.63, 3.8) is 0 Å². The van der Waals surface area contributed by atoms with Crippen LogP contribution in [0.1, 0.15) is 60.3 Å². The van der Waals surface area contributed by atoms with E-state index in [0.717, 1.165) is 19.3 Å². The van der Waals surface area contributed by atoms with Crippen LogP contribution in [0.5, 0.6) is 0 Å². The smallest absolute Gasteiger partial charge is 0.278 e. The van der Waals surface area contributed by atoms with E-state index in [0.29, 0.717) is 17.5 Å². The Labute approximate surface area is 126 Å². The second-order valence-electron chi connectivity index (χ2n) is 5.60. The summed E-state index contributed by atoms with van der Waals surface area (Å²) in [5.74, 6) is 5.97. The Balaban J connectivity index is 5.14. The average Bonchev–Trinajstić information content (AvgIpc) is 2.41. The lowest BCUT2D eigenvalue weighted by Gasteiger charge is -2.35. The van der Waals surface area contributed by atoms with Gasteiger partial charge < -0.3 is 4.43 Å². The van der Waals surface area contributed by atoms with Gasteiger partial charge in [-0.25, -0.2) is 0 Å². The second-order valence-corrected chi connectivity index (χ2v) is 9.98. The van der Waals surface area contributed by atoms with Crippen LogP contribution < -0.4 is 0 Å². The molecule has 0 unspecified atom stereocenters. The summed E-state index contributed by atoms with van der Waals surface area (Å²) >= 11 is 0. The third-order valence-corrected chi connectivity index (χ3v) is 8.16. The normalized spacial score (nSPS) is 12.4. The molecule has 2 nitrogen and oxygen atoms in total. The molecule has 0 fully saturated rings. The molecule has 0 aromatic carbocycles. The largest absolute Gasteiger partial charge is 0.391 e. The van der Waals surface area contributed by atoms with E-state index in [9.17, 15) is 0 Å². The van der Waals surface area contributed by atoms with Gasteiger partial charge in [0.15, 0.2) is 0 Å². The van der Waals surface area contributed by atoms with Gasteiger partial charge in [0.1, 0.15) is 6.10 Å². The average molecular weight is 289 g/mol. The summed E-state index contributed by atoms with van der Waals surface area (Å²) in [7, 11) is -2.20. The third kappa shape index (κ3) is 5.42. The van der Waals surface area contributed by atoms with Crippen LogP contribution in [0, 0.1) is 35.1 Å². The van der Waals surface area contributed by atoms with Gasteiger partial charge in [0.05, 0.1) is 6.07 Å². The summed E-state index contributed by atoms with van der Waals surface area (Å²) < 4.78 is 6.33. The standard InChI is InChI=1S/C17H27NOSi/c1-7-17(8-2)19-20(15(3)4,16(5)6)14-12-10-9-11-13-18/h1,15-17H,8-11H2,2-6H3/t17-/m0/s1. The molecule has 0 amide bonds. The molecule has 0 saturated heterocycles. The van der Waals surface area contributed by atoms with Gasteiger partial charge in [-0.3, -0.25) is 0 Å². The molecule has 1 atom stereocenters. The van der Waals surface area contributed by atoms with E-state index in [1.54, 1.807) is 0 Å². The zero-order valence-corrected chi connectivity index (χ0v) is 14.5. The Hall–Kier alpha value is -1.21. The predicted molar refractivity (Wildman–Crippen MR) is 87.2 cm³/mol. The van der Waals surface area contributed by atoms with Crippen molar-refractivity contribution in [2.75, 3.05) is 0 Å². The van der Waals surface area contributed by atoms with Crippen molar-refractivity contribution in [2.45, 2.75) is 77.5 Å². The van der Waals surface area contributed by atoms with E-state index in [4.69, 9.17) is 16.1 Å². The Bertz CT molecular complexity index is 409. The summed E-state index contributed by atoms with van der Waals surface area (Å²) in [5.41, 5.74) is 4.25. The maximum atomic E-state index is 8.55. The van der Waals surface area contributed by atoms with E-state index in [1.807, 2.05) is 6.92 Å². The van der Waals surface area contributed by atoms with Crippen molar-refractivity contribution in [1.82, 2.24) is 0 Å². The summed E-state index contributed by atoms with van der Waals surface area (Å²) in [5, 5.41) is 8.55. The lowest BCUT2D eigenvalue weighted by atomic mass is 10.3. The molecule has 0 spiro atoms. The monoisotopic (exact) mass is 289 g/mol. The molecule has 0 rings (SSSR count). The number of nitrogens with zero attached hydrogens (tertiary/aromatic N) is 1. The molecule has 0 aliphatic carbocycles. The van der Waals surface area contributed by atoms with Gasteiger partial charge in [0.2, 0.25) is 0 Å². The fraction of sp³-hybridized carbons (Fsp3) is 0.706. The van der Waals surface area contributed by atoms with Crippen molar-refractivity contribution in [3.8, 4) is 29.9 Å². The first-order valence-corrected chi connectivity index (χ1v) is 9.51. The first-order chi connectivity index (χ1) is 9.44. The van der Waals surface area contributed by atoms with Gasteiger partial charge in [-0.2, -0.15) is 5.26 Å². The first-order valence-electron chi connectivity index (χ1n) is 7.45. The highest BCUT2D eigenvalue weighted by Crippen LogP contribution is 2.34. The lowest BCUT2D eigenvalue weighted by molar-refractivity contribution is 0.235. The van der Waals surface area contributed by atoms with Crippen LogP contribution in [0.15, 0.2) is 0 Å². The number of rotatable bonds is 7. The molecule has 20 heavy (non-hydrogen) atoms. The van der Waals surface area contributed by atoms with Crippen LogP contribution in [-0.2, 0) is 4.43 Å². The molecule has 110 valence electrons.